The summed E-state index contributed by atoms with van der Waals surface area (Å²) in [6.45, 7) is 0. The number of hydrogen-bond donors (Lipinski definition) is 0. The number of hydrogen-bond acceptors (Lipinski definition) is 6. The Morgan fingerprint density at radius 3 is 1.49 bits per heavy atom. The first-order chi connectivity index (χ1) is 29.2. The van der Waals surface area contributed by atoms with E-state index in [1.807, 2.05) is 54.9 Å². The van der Waals surface area contributed by atoms with Gasteiger partial charge in [0, 0.05) is 55.5 Å². The lowest BCUT2D eigenvalue weighted by Gasteiger charge is -2.11. The van der Waals surface area contributed by atoms with Gasteiger partial charge in [0.15, 0.2) is 17.5 Å². The highest BCUT2D eigenvalue weighted by atomic mass is 32.1. The quantitative estimate of drug-likeness (QED) is 0.161. The molecule has 0 amide bonds. The minimum Gasteiger partial charge on any atom is -0.264 e. The van der Waals surface area contributed by atoms with E-state index in [4.69, 9.17) is 19.9 Å². The third-order valence-electron chi connectivity index (χ3n) is 10.8. The van der Waals surface area contributed by atoms with Gasteiger partial charge in [-0.3, -0.25) is 4.98 Å². The number of benzene rings is 7. The van der Waals surface area contributed by atoms with E-state index in [9.17, 15) is 0 Å². The van der Waals surface area contributed by atoms with Gasteiger partial charge in [-0.05, 0) is 57.6 Å². The summed E-state index contributed by atoms with van der Waals surface area (Å²) in [6.07, 6.45) is 3.76. The number of nitrogens with zero attached hydrogens (tertiary/aromatic N) is 5. The first-order valence-corrected chi connectivity index (χ1v) is 20.4. The second-order valence-corrected chi connectivity index (χ2v) is 15.6. The molecule has 0 aliphatic rings. The van der Waals surface area contributed by atoms with Crippen LogP contribution in [0, 0.1) is 0 Å². The summed E-state index contributed by atoms with van der Waals surface area (Å²) >= 11 is 1.79. The van der Waals surface area contributed by atoms with Crippen molar-refractivity contribution in [2.75, 3.05) is 0 Å². The Kier molecular flexibility index (Phi) is 8.60. The summed E-state index contributed by atoms with van der Waals surface area (Å²) in [5.41, 5.74) is 12.6. The predicted octanol–water partition coefficient (Wildman–Crippen LogP) is 13.9. The zero-order valence-corrected chi connectivity index (χ0v) is 32.5. The Morgan fingerprint density at radius 2 is 0.814 bits per heavy atom. The van der Waals surface area contributed by atoms with Gasteiger partial charge in [0.1, 0.15) is 0 Å². The summed E-state index contributed by atoms with van der Waals surface area (Å²) in [7, 11) is 0. The van der Waals surface area contributed by atoms with Crippen LogP contribution in [0.5, 0.6) is 0 Å². The summed E-state index contributed by atoms with van der Waals surface area (Å²) in [4.78, 5) is 24.7. The highest BCUT2D eigenvalue weighted by Crippen LogP contribution is 2.43. The van der Waals surface area contributed by atoms with E-state index >= 15 is 0 Å². The fourth-order valence-electron chi connectivity index (χ4n) is 7.86. The molecule has 4 aromatic heterocycles. The van der Waals surface area contributed by atoms with Gasteiger partial charge in [-0.15, -0.1) is 11.3 Å². The predicted molar refractivity (Wildman–Crippen MR) is 244 cm³/mol. The second-order valence-electron chi connectivity index (χ2n) is 14.5. The average molecular weight is 772 g/mol. The van der Waals surface area contributed by atoms with E-state index < -0.39 is 0 Å². The molecule has 276 valence electrons. The van der Waals surface area contributed by atoms with Gasteiger partial charge in [0.05, 0.1) is 15.9 Å². The highest BCUT2D eigenvalue weighted by molar-refractivity contribution is 7.26. The smallest absolute Gasteiger partial charge is 0.164 e. The molecule has 11 aromatic rings. The molecule has 0 spiro atoms. The molecule has 0 N–H and O–H groups in total. The molecule has 0 aliphatic heterocycles. The van der Waals surface area contributed by atoms with Crippen LogP contribution >= 0.6 is 11.3 Å². The van der Waals surface area contributed by atoms with Crippen LogP contribution < -0.4 is 0 Å². The Bertz CT molecular complexity index is 3310. The molecule has 0 unspecified atom stereocenters. The molecule has 0 fully saturated rings. The second kappa shape index (κ2) is 14.7. The van der Waals surface area contributed by atoms with Gasteiger partial charge in [-0.2, -0.15) is 0 Å². The molecular formula is C53H33N5S. The standard InChI is InChI=1S/C53H33N5S/c1-3-11-34(12-4-1)35-25-27-39(28-26-35)52-56-51(38-13-5-2-6-14-38)57-53(58-52)43-18-10-16-41(32-43)37-23-21-36(22-24-37)40-15-9-17-42(31-40)49-50-48(44-19-7-8-20-47(44)59-50)45-33-54-30-29-46(45)55-49/h1-33H. The van der Waals surface area contributed by atoms with E-state index in [0.29, 0.717) is 17.5 Å². The number of aromatic nitrogens is 5. The molecule has 0 radical (unpaired) electrons. The maximum absolute atomic E-state index is 5.21. The van der Waals surface area contributed by atoms with E-state index in [0.717, 1.165) is 66.7 Å². The Hall–Kier alpha value is -7.67. The molecule has 0 aliphatic carbocycles. The summed E-state index contributed by atoms with van der Waals surface area (Å²) in [6, 6.07) is 65.5. The number of thiophene rings is 1. The van der Waals surface area contributed by atoms with Crippen molar-refractivity contribution in [3.05, 3.63) is 200 Å². The first-order valence-electron chi connectivity index (χ1n) is 19.6. The van der Waals surface area contributed by atoms with E-state index in [2.05, 4.69) is 151 Å². The van der Waals surface area contributed by atoms with Gasteiger partial charge in [-0.1, -0.05) is 164 Å². The number of pyridine rings is 2. The maximum atomic E-state index is 5.21. The zero-order valence-electron chi connectivity index (χ0n) is 31.7. The third-order valence-corrected chi connectivity index (χ3v) is 12.0. The molecule has 0 atom stereocenters. The van der Waals surface area contributed by atoms with Crippen LogP contribution in [0.4, 0.5) is 0 Å². The lowest BCUT2D eigenvalue weighted by molar-refractivity contribution is 1.07. The molecule has 5 nitrogen and oxygen atoms in total. The van der Waals surface area contributed by atoms with Crippen LogP contribution in [0.1, 0.15) is 0 Å². The molecule has 11 rings (SSSR count). The minimum atomic E-state index is 0.627. The molecule has 59 heavy (non-hydrogen) atoms. The highest BCUT2D eigenvalue weighted by Gasteiger charge is 2.17. The van der Waals surface area contributed by atoms with Crippen molar-refractivity contribution >= 4 is 42.4 Å². The third kappa shape index (κ3) is 6.52. The Labute approximate surface area is 345 Å². The van der Waals surface area contributed by atoms with Crippen molar-refractivity contribution in [3.8, 4) is 78.8 Å². The maximum Gasteiger partial charge on any atom is 0.164 e. The normalized spacial score (nSPS) is 11.4. The van der Waals surface area contributed by atoms with Crippen molar-refractivity contribution in [3.63, 3.8) is 0 Å². The molecule has 0 bridgehead atoms. The number of rotatable bonds is 7. The fraction of sp³-hybridized carbons (Fsp3) is 0. The van der Waals surface area contributed by atoms with Crippen LogP contribution in [0.3, 0.4) is 0 Å². The van der Waals surface area contributed by atoms with Crippen LogP contribution in [0.25, 0.3) is 110 Å². The Balaban J connectivity index is 0.929. The van der Waals surface area contributed by atoms with Crippen molar-refractivity contribution < 1.29 is 0 Å². The largest absolute Gasteiger partial charge is 0.264 e. The van der Waals surface area contributed by atoms with Crippen LogP contribution in [-0.2, 0) is 0 Å². The van der Waals surface area contributed by atoms with Gasteiger partial charge >= 0.3 is 0 Å². The lowest BCUT2D eigenvalue weighted by Crippen LogP contribution is -2.00. The summed E-state index contributed by atoms with van der Waals surface area (Å²) in [5, 5.41) is 3.55. The van der Waals surface area contributed by atoms with Gasteiger partial charge < -0.3 is 0 Å². The van der Waals surface area contributed by atoms with Gasteiger partial charge in [0.2, 0.25) is 0 Å². The van der Waals surface area contributed by atoms with E-state index in [1.165, 1.54) is 25.7 Å². The first kappa shape index (κ1) is 34.6. The lowest BCUT2D eigenvalue weighted by atomic mass is 9.97. The van der Waals surface area contributed by atoms with Crippen molar-refractivity contribution in [1.82, 2.24) is 24.9 Å². The molecule has 0 saturated heterocycles. The Morgan fingerprint density at radius 1 is 0.339 bits per heavy atom. The van der Waals surface area contributed by atoms with Crippen molar-refractivity contribution in [1.29, 1.82) is 0 Å². The van der Waals surface area contributed by atoms with Crippen LogP contribution in [-0.4, -0.2) is 24.9 Å². The summed E-state index contributed by atoms with van der Waals surface area (Å²) in [5.74, 6) is 1.90. The SMILES string of the molecule is c1ccc(-c2ccc(-c3nc(-c4ccccc4)nc(-c4cccc(-c5ccc(-c6cccc(-c7nc8ccncc8c8c7sc7ccccc78)c6)cc5)c4)n3)cc2)cc1. The molecule has 0 saturated carbocycles. The number of fused-ring (bicyclic) bond motifs is 5. The van der Waals surface area contributed by atoms with Crippen molar-refractivity contribution in [2.45, 2.75) is 0 Å². The fourth-order valence-corrected chi connectivity index (χ4v) is 9.08. The van der Waals surface area contributed by atoms with E-state index in [1.54, 1.807) is 11.3 Å². The van der Waals surface area contributed by atoms with Crippen molar-refractivity contribution in [2.24, 2.45) is 0 Å². The molecule has 4 heterocycles. The van der Waals surface area contributed by atoms with Crippen LogP contribution in [0.15, 0.2) is 200 Å². The van der Waals surface area contributed by atoms with E-state index in [-0.39, 0.29) is 0 Å². The molecular weight excluding hydrogens is 739 g/mol. The van der Waals surface area contributed by atoms with Gasteiger partial charge in [-0.25, -0.2) is 19.9 Å². The topological polar surface area (TPSA) is 64.5 Å². The zero-order chi connectivity index (χ0) is 39.1. The molecule has 7 aromatic carbocycles. The minimum absolute atomic E-state index is 0.627. The van der Waals surface area contributed by atoms with Crippen LogP contribution in [0.2, 0.25) is 0 Å². The monoisotopic (exact) mass is 771 g/mol. The average Bonchev–Trinajstić information content (AvgIpc) is 3.72. The molecule has 6 heteroatoms. The van der Waals surface area contributed by atoms with Gasteiger partial charge in [0.25, 0.3) is 0 Å². The summed E-state index contributed by atoms with van der Waals surface area (Å²) < 4.78 is 2.43.